The number of amides is 2. The molecule has 6 nitrogen and oxygen atoms in total. The summed E-state index contributed by atoms with van der Waals surface area (Å²) in [6, 6.07) is 14.6. The number of aliphatic hydroxyl groups is 1. The summed E-state index contributed by atoms with van der Waals surface area (Å²) < 4.78 is 47.8. The van der Waals surface area contributed by atoms with Crippen molar-refractivity contribution in [3.8, 4) is 5.75 Å². The third kappa shape index (κ3) is 3.44. The van der Waals surface area contributed by atoms with Crippen molar-refractivity contribution in [1.29, 1.82) is 0 Å². The number of nitrogens with one attached hydrogen (secondary N) is 2. The maximum Gasteiger partial charge on any atom is 0.437 e. The topological polar surface area (TPSA) is 87.7 Å². The first-order chi connectivity index (χ1) is 15.2. The molecule has 2 amide bonds. The second kappa shape index (κ2) is 7.83. The van der Waals surface area contributed by atoms with Crippen molar-refractivity contribution in [2.24, 2.45) is 5.92 Å². The van der Waals surface area contributed by atoms with Crippen LogP contribution in [-0.2, 0) is 0 Å². The predicted octanol–water partition coefficient (Wildman–Crippen LogP) is 3.95. The number of carbonyl (C=O) groups excluding carboxylic acids is 2. The molecular formula is C23H19F3N2O4. The van der Waals surface area contributed by atoms with Gasteiger partial charge in [0.1, 0.15) is 11.7 Å². The highest BCUT2D eigenvalue weighted by atomic mass is 19.4. The number of halogens is 3. The van der Waals surface area contributed by atoms with Crippen LogP contribution in [0.3, 0.4) is 0 Å². The quantitative estimate of drug-likeness (QED) is 0.532. The minimum absolute atomic E-state index is 0.0395. The number of alkyl halides is 3. The first kappa shape index (κ1) is 21.6. The number of hydrogen-bond acceptors (Lipinski definition) is 4. The van der Waals surface area contributed by atoms with Crippen LogP contribution < -0.4 is 15.4 Å². The molecule has 0 spiro atoms. The Hall–Kier alpha value is -3.59. The van der Waals surface area contributed by atoms with E-state index in [9.17, 15) is 27.9 Å². The van der Waals surface area contributed by atoms with Gasteiger partial charge in [0.05, 0.1) is 13.2 Å². The number of benzene rings is 3. The third-order valence-electron chi connectivity index (χ3n) is 5.61. The summed E-state index contributed by atoms with van der Waals surface area (Å²) in [6.07, 6.45) is -5.34. The van der Waals surface area contributed by atoms with E-state index in [0.29, 0.717) is 10.8 Å². The highest BCUT2D eigenvalue weighted by molar-refractivity contribution is 6.01. The van der Waals surface area contributed by atoms with E-state index < -0.39 is 35.7 Å². The monoisotopic (exact) mass is 444 g/mol. The molecule has 1 heterocycles. The summed E-state index contributed by atoms with van der Waals surface area (Å²) in [6.45, 7) is 0. The molecule has 32 heavy (non-hydrogen) atoms. The van der Waals surface area contributed by atoms with Crippen molar-refractivity contribution in [2.45, 2.75) is 17.9 Å². The number of carbonyl (C=O) groups is 2. The van der Waals surface area contributed by atoms with Gasteiger partial charge in [-0.05, 0) is 16.8 Å². The van der Waals surface area contributed by atoms with E-state index in [1.54, 1.807) is 42.5 Å². The summed E-state index contributed by atoms with van der Waals surface area (Å²) in [5.41, 5.74) is -3.69. The summed E-state index contributed by atoms with van der Waals surface area (Å²) in [4.78, 5) is 25.7. The third-order valence-corrected chi connectivity index (χ3v) is 5.61. The molecule has 0 radical (unpaired) electrons. The molecule has 0 bridgehead atoms. The number of ether oxygens (including phenoxy) is 1. The van der Waals surface area contributed by atoms with Crippen LogP contribution in [0.4, 0.5) is 18.0 Å². The van der Waals surface area contributed by atoms with Crippen molar-refractivity contribution in [3.05, 3.63) is 77.9 Å². The Morgan fingerprint density at radius 2 is 1.69 bits per heavy atom. The number of fused-ring (bicyclic) bond motifs is 1. The fraction of sp³-hybridized carbons (Fsp3) is 0.217. The molecular weight excluding hydrogens is 425 g/mol. The Balaban J connectivity index is 2.00. The largest absolute Gasteiger partial charge is 0.496 e. The van der Waals surface area contributed by atoms with Crippen LogP contribution in [0.1, 0.15) is 22.0 Å². The van der Waals surface area contributed by atoms with E-state index >= 15 is 0 Å². The smallest absolute Gasteiger partial charge is 0.437 e. The maximum atomic E-state index is 14.1. The Labute approximate surface area is 181 Å². The van der Waals surface area contributed by atoms with E-state index in [0.717, 1.165) is 0 Å². The number of rotatable bonds is 4. The van der Waals surface area contributed by atoms with Crippen molar-refractivity contribution in [1.82, 2.24) is 10.6 Å². The van der Waals surface area contributed by atoms with Gasteiger partial charge in [-0.2, -0.15) is 13.2 Å². The summed E-state index contributed by atoms with van der Waals surface area (Å²) in [5, 5.41) is 15.9. The van der Waals surface area contributed by atoms with E-state index in [4.69, 9.17) is 4.74 Å². The first-order valence-corrected chi connectivity index (χ1v) is 9.70. The summed E-state index contributed by atoms with van der Waals surface area (Å²) >= 11 is 0. The molecule has 1 aliphatic rings. The molecule has 1 aliphatic heterocycles. The van der Waals surface area contributed by atoms with Crippen molar-refractivity contribution in [3.63, 3.8) is 0 Å². The molecule has 1 saturated heterocycles. The minimum Gasteiger partial charge on any atom is -0.496 e. The Morgan fingerprint density at radius 3 is 2.34 bits per heavy atom. The molecule has 0 saturated carbocycles. The Kier molecular flexibility index (Phi) is 5.29. The van der Waals surface area contributed by atoms with Gasteiger partial charge < -0.3 is 20.5 Å². The minimum atomic E-state index is -5.34. The van der Waals surface area contributed by atoms with Crippen molar-refractivity contribution < 1.29 is 32.6 Å². The van der Waals surface area contributed by atoms with Crippen molar-refractivity contribution >= 4 is 22.6 Å². The van der Waals surface area contributed by atoms with Crippen LogP contribution in [0.15, 0.2) is 66.7 Å². The van der Waals surface area contributed by atoms with Crippen LogP contribution in [0.2, 0.25) is 0 Å². The molecule has 3 aromatic carbocycles. The lowest BCUT2D eigenvalue weighted by molar-refractivity contribution is -0.287. The molecule has 4 rings (SSSR count). The van der Waals surface area contributed by atoms with Crippen LogP contribution in [-0.4, -0.2) is 35.9 Å². The number of Topliss-reactive ketones (excluding diaryl/α,β-unsaturated/α-hetero) is 1. The van der Waals surface area contributed by atoms with Gasteiger partial charge in [0, 0.05) is 11.1 Å². The highest BCUT2D eigenvalue weighted by Gasteiger charge is 2.66. The second-order valence-electron chi connectivity index (χ2n) is 7.45. The molecule has 0 aliphatic carbocycles. The standard InChI is InChI=1S/C23H19F3N2O4/c1-32-16-12-11-13-7-5-6-10-15(13)17(16)19-18(20(29)14-8-3-2-4-9-14)22(31,23(24,25)26)28-21(30)27-19/h2-12,18-19,31H,1H3,(H2,27,28,30)/t18-,19-,22-/m0/s1. The second-order valence-corrected chi connectivity index (χ2v) is 7.45. The maximum absolute atomic E-state index is 14.1. The zero-order valence-corrected chi connectivity index (χ0v) is 16.8. The molecule has 3 N–H and O–H groups in total. The van der Waals surface area contributed by atoms with Gasteiger partial charge in [0.25, 0.3) is 0 Å². The lowest BCUT2D eigenvalue weighted by Crippen LogP contribution is -2.72. The highest BCUT2D eigenvalue weighted by Crippen LogP contribution is 2.47. The average molecular weight is 444 g/mol. The lowest BCUT2D eigenvalue weighted by atomic mass is 9.76. The zero-order chi connectivity index (χ0) is 23.1. The lowest BCUT2D eigenvalue weighted by Gasteiger charge is -2.45. The average Bonchev–Trinajstić information content (AvgIpc) is 2.77. The predicted molar refractivity (Wildman–Crippen MR) is 110 cm³/mol. The molecule has 9 heteroatoms. The van der Waals surface area contributed by atoms with Gasteiger partial charge in [-0.15, -0.1) is 0 Å². The molecule has 3 aromatic rings. The summed E-state index contributed by atoms with van der Waals surface area (Å²) in [5.74, 6) is -2.95. The van der Waals surface area contributed by atoms with E-state index in [1.165, 1.54) is 36.7 Å². The van der Waals surface area contributed by atoms with E-state index in [-0.39, 0.29) is 16.9 Å². The van der Waals surface area contributed by atoms with Gasteiger partial charge >= 0.3 is 12.2 Å². The molecule has 3 atom stereocenters. The van der Waals surface area contributed by atoms with Crippen molar-refractivity contribution in [2.75, 3.05) is 7.11 Å². The van der Waals surface area contributed by atoms with Gasteiger partial charge in [-0.3, -0.25) is 4.79 Å². The fourth-order valence-corrected chi connectivity index (χ4v) is 4.14. The fourth-order valence-electron chi connectivity index (χ4n) is 4.14. The van der Waals surface area contributed by atoms with Crippen LogP contribution in [0.5, 0.6) is 5.75 Å². The van der Waals surface area contributed by atoms with E-state index in [1.807, 2.05) is 0 Å². The van der Waals surface area contributed by atoms with Crippen LogP contribution in [0, 0.1) is 5.92 Å². The van der Waals surface area contributed by atoms with Gasteiger partial charge in [0.2, 0.25) is 5.72 Å². The molecule has 0 unspecified atom stereocenters. The number of methoxy groups -OCH3 is 1. The SMILES string of the molecule is COc1ccc2ccccc2c1[C@@H]1NC(=O)N[C@@](O)(C(F)(F)F)[C@@H]1C(=O)c1ccccc1. The Morgan fingerprint density at radius 1 is 1.03 bits per heavy atom. The Bertz CT molecular complexity index is 1180. The normalized spacial score (nSPS) is 23.3. The van der Waals surface area contributed by atoms with Gasteiger partial charge in [-0.25, -0.2) is 4.79 Å². The number of hydrogen-bond donors (Lipinski definition) is 3. The van der Waals surface area contributed by atoms with Crippen LogP contribution >= 0.6 is 0 Å². The zero-order valence-electron chi connectivity index (χ0n) is 16.8. The molecule has 1 fully saturated rings. The molecule has 166 valence electrons. The van der Waals surface area contributed by atoms with E-state index in [2.05, 4.69) is 5.32 Å². The number of urea groups is 1. The van der Waals surface area contributed by atoms with Crippen LogP contribution in [0.25, 0.3) is 10.8 Å². The number of ketones is 1. The first-order valence-electron chi connectivity index (χ1n) is 9.70. The molecule has 0 aromatic heterocycles. The van der Waals surface area contributed by atoms with Gasteiger partial charge in [-0.1, -0.05) is 60.7 Å². The summed E-state index contributed by atoms with van der Waals surface area (Å²) in [7, 11) is 1.33. The van der Waals surface area contributed by atoms with Gasteiger partial charge in [0.15, 0.2) is 5.78 Å².